The average Bonchev–Trinajstić information content (AvgIpc) is 2.59. The van der Waals surface area contributed by atoms with E-state index in [-0.39, 0.29) is 12.7 Å². The fraction of sp³-hybridized carbons (Fsp3) is 0.444. The van der Waals surface area contributed by atoms with Gasteiger partial charge in [0.2, 0.25) is 0 Å². The monoisotopic (exact) mass is 301 g/mol. The number of morpholine rings is 1. The van der Waals surface area contributed by atoms with Gasteiger partial charge < -0.3 is 14.6 Å². The SMILES string of the molecule is COc1ccc2cc(C3CN(CCCO)CCO3)ccc2c1. The first-order valence-electron chi connectivity index (χ1n) is 7.82. The molecule has 1 saturated heterocycles. The molecule has 1 unspecified atom stereocenters. The van der Waals surface area contributed by atoms with Crippen molar-refractivity contribution in [3.05, 3.63) is 42.0 Å². The van der Waals surface area contributed by atoms with Crippen molar-refractivity contribution in [2.24, 2.45) is 0 Å². The summed E-state index contributed by atoms with van der Waals surface area (Å²) in [4.78, 5) is 2.36. The van der Waals surface area contributed by atoms with Crippen LogP contribution in [-0.4, -0.2) is 50.0 Å². The molecule has 118 valence electrons. The number of fused-ring (bicyclic) bond motifs is 1. The minimum absolute atomic E-state index is 0.110. The highest BCUT2D eigenvalue weighted by molar-refractivity contribution is 5.84. The first-order valence-corrected chi connectivity index (χ1v) is 7.82. The van der Waals surface area contributed by atoms with Crippen molar-refractivity contribution in [1.82, 2.24) is 4.90 Å². The lowest BCUT2D eigenvalue weighted by atomic mass is 10.0. The van der Waals surface area contributed by atoms with E-state index in [1.54, 1.807) is 7.11 Å². The largest absolute Gasteiger partial charge is 0.497 e. The molecule has 0 saturated carbocycles. The molecule has 0 radical (unpaired) electrons. The van der Waals surface area contributed by atoms with Crippen molar-refractivity contribution >= 4 is 10.8 Å². The molecule has 1 atom stereocenters. The molecular formula is C18H23NO3. The van der Waals surface area contributed by atoms with Gasteiger partial charge in [-0.1, -0.05) is 18.2 Å². The van der Waals surface area contributed by atoms with Gasteiger partial charge in [-0.25, -0.2) is 0 Å². The molecule has 0 aromatic heterocycles. The summed E-state index contributed by atoms with van der Waals surface area (Å²) in [6, 6.07) is 12.6. The van der Waals surface area contributed by atoms with Gasteiger partial charge in [0.15, 0.2) is 0 Å². The number of ether oxygens (including phenoxy) is 2. The Morgan fingerprint density at radius 3 is 2.86 bits per heavy atom. The summed E-state index contributed by atoms with van der Waals surface area (Å²) in [5, 5.41) is 11.4. The van der Waals surface area contributed by atoms with Crippen molar-refractivity contribution in [2.45, 2.75) is 12.5 Å². The highest BCUT2D eigenvalue weighted by Crippen LogP contribution is 2.27. The fourth-order valence-electron chi connectivity index (χ4n) is 2.97. The van der Waals surface area contributed by atoms with E-state index < -0.39 is 0 Å². The second-order valence-electron chi connectivity index (χ2n) is 5.71. The van der Waals surface area contributed by atoms with E-state index in [1.165, 1.54) is 16.3 Å². The predicted molar refractivity (Wildman–Crippen MR) is 87.3 cm³/mol. The molecule has 0 spiro atoms. The molecule has 4 heteroatoms. The Kier molecular flexibility index (Phi) is 4.93. The van der Waals surface area contributed by atoms with Crippen LogP contribution in [0.1, 0.15) is 18.1 Å². The molecule has 1 heterocycles. The van der Waals surface area contributed by atoms with E-state index >= 15 is 0 Å². The predicted octanol–water partition coefficient (Wildman–Crippen LogP) is 2.60. The number of aliphatic hydroxyl groups excluding tert-OH is 1. The third-order valence-electron chi connectivity index (χ3n) is 4.23. The van der Waals surface area contributed by atoms with Crippen molar-refractivity contribution < 1.29 is 14.6 Å². The highest BCUT2D eigenvalue weighted by atomic mass is 16.5. The van der Waals surface area contributed by atoms with Gasteiger partial charge in [-0.3, -0.25) is 4.90 Å². The molecule has 1 aliphatic heterocycles. The van der Waals surface area contributed by atoms with Crippen LogP contribution in [0.15, 0.2) is 36.4 Å². The van der Waals surface area contributed by atoms with Gasteiger partial charge in [-0.05, 0) is 41.0 Å². The number of nitrogens with zero attached hydrogens (tertiary/aromatic N) is 1. The molecule has 0 amide bonds. The standard InChI is InChI=1S/C18H23NO3/c1-21-17-6-5-14-11-16(4-3-15(14)12-17)18-13-19(7-2-9-20)8-10-22-18/h3-6,11-12,18,20H,2,7-10,13H2,1H3. The quantitative estimate of drug-likeness (QED) is 0.922. The van der Waals surface area contributed by atoms with E-state index in [1.807, 2.05) is 12.1 Å². The van der Waals surface area contributed by atoms with Crippen molar-refractivity contribution in [3.63, 3.8) is 0 Å². The summed E-state index contributed by atoms with van der Waals surface area (Å²) in [6.07, 6.45) is 0.934. The Balaban J connectivity index is 1.77. The smallest absolute Gasteiger partial charge is 0.119 e. The van der Waals surface area contributed by atoms with Crippen LogP contribution in [0.4, 0.5) is 0 Å². The number of benzene rings is 2. The van der Waals surface area contributed by atoms with Gasteiger partial charge in [-0.15, -0.1) is 0 Å². The van der Waals surface area contributed by atoms with E-state index in [4.69, 9.17) is 14.6 Å². The lowest BCUT2D eigenvalue weighted by molar-refractivity contribution is -0.0311. The molecule has 3 rings (SSSR count). The first kappa shape index (κ1) is 15.3. The number of rotatable bonds is 5. The third kappa shape index (κ3) is 3.40. The normalized spacial score (nSPS) is 19.5. The van der Waals surface area contributed by atoms with Crippen molar-refractivity contribution in [1.29, 1.82) is 0 Å². The zero-order valence-electron chi connectivity index (χ0n) is 13.0. The van der Waals surface area contributed by atoms with E-state index in [9.17, 15) is 0 Å². The number of hydrogen-bond donors (Lipinski definition) is 1. The van der Waals surface area contributed by atoms with Crippen molar-refractivity contribution in [3.8, 4) is 5.75 Å². The molecule has 1 aliphatic rings. The van der Waals surface area contributed by atoms with Crippen LogP contribution in [0, 0.1) is 0 Å². The second-order valence-corrected chi connectivity index (χ2v) is 5.71. The summed E-state index contributed by atoms with van der Waals surface area (Å²) >= 11 is 0. The van der Waals surface area contributed by atoms with Crippen LogP contribution in [-0.2, 0) is 4.74 Å². The van der Waals surface area contributed by atoms with Crippen LogP contribution >= 0.6 is 0 Å². The molecular weight excluding hydrogens is 278 g/mol. The van der Waals surface area contributed by atoms with Gasteiger partial charge >= 0.3 is 0 Å². The van der Waals surface area contributed by atoms with Crippen LogP contribution < -0.4 is 4.74 Å². The summed E-state index contributed by atoms with van der Waals surface area (Å²) in [7, 11) is 1.69. The fourth-order valence-corrected chi connectivity index (χ4v) is 2.97. The zero-order chi connectivity index (χ0) is 15.4. The van der Waals surface area contributed by atoms with Crippen LogP contribution in [0.2, 0.25) is 0 Å². The molecule has 2 aromatic rings. The number of methoxy groups -OCH3 is 1. The zero-order valence-corrected chi connectivity index (χ0v) is 13.0. The number of aliphatic hydroxyl groups is 1. The van der Waals surface area contributed by atoms with Gasteiger partial charge in [0.05, 0.1) is 19.8 Å². The maximum atomic E-state index is 8.97. The maximum Gasteiger partial charge on any atom is 0.119 e. The third-order valence-corrected chi connectivity index (χ3v) is 4.23. The van der Waals surface area contributed by atoms with Crippen molar-refractivity contribution in [2.75, 3.05) is 40.0 Å². The van der Waals surface area contributed by atoms with Gasteiger partial charge in [0.25, 0.3) is 0 Å². The summed E-state index contributed by atoms with van der Waals surface area (Å²) in [6.45, 7) is 3.76. The van der Waals surface area contributed by atoms with Gasteiger partial charge in [0, 0.05) is 26.2 Å². The Labute approximate surface area is 131 Å². The van der Waals surface area contributed by atoms with E-state index in [2.05, 4.69) is 29.2 Å². The Hall–Kier alpha value is -1.62. The molecule has 0 aliphatic carbocycles. The Bertz CT molecular complexity index is 629. The van der Waals surface area contributed by atoms with E-state index in [0.717, 1.165) is 38.4 Å². The highest BCUT2D eigenvalue weighted by Gasteiger charge is 2.21. The number of hydrogen-bond acceptors (Lipinski definition) is 4. The Morgan fingerprint density at radius 2 is 2.05 bits per heavy atom. The molecule has 2 aromatic carbocycles. The average molecular weight is 301 g/mol. The van der Waals surface area contributed by atoms with Crippen LogP contribution in [0.25, 0.3) is 10.8 Å². The summed E-state index contributed by atoms with van der Waals surface area (Å²) in [5.41, 5.74) is 1.21. The molecule has 1 N–H and O–H groups in total. The maximum absolute atomic E-state index is 8.97. The molecule has 1 fully saturated rings. The van der Waals surface area contributed by atoms with Crippen LogP contribution in [0.3, 0.4) is 0 Å². The first-order chi connectivity index (χ1) is 10.8. The molecule has 4 nitrogen and oxygen atoms in total. The molecule has 0 bridgehead atoms. The van der Waals surface area contributed by atoms with Gasteiger partial charge in [-0.2, -0.15) is 0 Å². The minimum atomic E-state index is 0.110. The summed E-state index contributed by atoms with van der Waals surface area (Å²) < 4.78 is 11.2. The lowest BCUT2D eigenvalue weighted by Crippen LogP contribution is -2.39. The van der Waals surface area contributed by atoms with E-state index in [0.29, 0.717) is 0 Å². The Morgan fingerprint density at radius 1 is 1.23 bits per heavy atom. The van der Waals surface area contributed by atoms with Crippen LogP contribution in [0.5, 0.6) is 5.75 Å². The topological polar surface area (TPSA) is 41.9 Å². The second kappa shape index (κ2) is 7.09. The molecule has 22 heavy (non-hydrogen) atoms. The van der Waals surface area contributed by atoms with Gasteiger partial charge in [0.1, 0.15) is 5.75 Å². The summed E-state index contributed by atoms with van der Waals surface area (Å²) in [5.74, 6) is 0.879. The lowest BCUT2D eigenvalue weighted by Gasteiger charge is -2.33. The minimum Gasteiger partial charge on any atom is -0.497 e.